The second-order valence-corrected chi connectivity index (χ2v) is 2.92. The van der Waals surface area contributed by atoms with Crippen LogP contribution in [0.15, 0.2) is 24.4 Å². The van der Waals surface area contributed by atoms with Crippen molar-refractivity contribution in [1.29, 1.82) is 0 Å². The summed E-state index contributed by atoms with van der Waals surface area (Å²) in [6, 6.07) is 3.47. The molecule has 0 spiro atoms. The van der Waals surface area contributed by atoms with Crippen LogP contribution in [-0.2, 0) is 4.74 Å². The van der Waals surface area contributed by atoms with E-state index >= 15 is 0 Å². The van der Waals surface area contributed by atoms with Crippen LogP contribution in [0.4, 0.5) is 0 Å². The summed E-state index contributed by atoms with van der Waals surface area (Å²) in [6.07, 6.45) is 5.35. The van der Waals surface area contributed by atoms with Crippen LogP contribution in [0.5, 0.6) is 0 Å². The summed E-state index contributed by atoms with van der Waals surface area (Å²) in [7, 11) is 3.22. The number of carbonyl (C=O) groups is 1. The topological polar surface area (TPSA) is 51.2 Å². The van der Waals surface area contributed by atoms with Gasteiger partial charge in [-0.05, 0) is 25.3 Å². The van der Waals surface area contributed by atoms with Gasteiger partial charge in [0.25, 0.3) is 0 Å². The average Bonchev–Trinajstić information content (AvgIpc) is 2.29. The van der Waals surface area contributed by atoms with E-state index in [1.807, 2.05) is 19.2 Å². The monoisotopic (exact) mass is 206 g/mol. The van der Waals surface area contributed by atoms with Gasteiger partial charge >= 0.3 is 5.97 Å². The summed E-state index contributed by atoms with van der Waals surface area (Å²) in [5.74, 6) is -0.367. The van der Waals surface area contributed by atoms with E-state index in [0.717, 1.165) is 12.2 Å². The van der Waals surface area contributed by atoms with Crippen LogP contribution < -0.4 is 5.32 Å². The maximum Gasteiger partial charge on any atom is 0.339 e. The Hall–Kier alpha value is -1.68. The number of pyridine rings is 1. The Bertz CT molecular complexity index is 344. The number of nitrogens with zero attached hydrogens (tertiary/aromatic N) is 1. The van der Waals surface area contributed by atoms with Gasteiger partial charge in [0.05, 0.1) is 18.4 Å². The molecular weight excluding hydrogens is 192 g/mol. The molecule has 0 aliphatic heterocycles. The Morgan fingerprint density at radius 2 is 2.40 bits per heavy atom. The number of hydrogen-bond donors (Lipinski definition) is 1. The zero-order chi connectivity index (χ0) is 11.1. The van der Waals surface area contributed by atoms with E-state index < -0.39 is 0 Å². The van der Waals surface area contributed by atoms with E-state index in [-0.39, 0.29) is 5.97 Å². The van der Waals surface area contributed by atoms with E-state index in [1.165, 1.54) is 13.3 Å². The van der Waals surface area contributed by atoms with Gasteiger partial charge in [0.15, 0.2) is 0 Å². The lowest BCUT2D eigenvalue weighted by atomic mass is 10.2. The molecule has 0 unspecified atom stereocenters. The van der Waals surface area contributed by atoms with Crippen molar-refractivity contribution in [2.45, 2.75) is 0 Å². The molecule has 0 bridgehead atoms. The van der Waals surface area contributed by atoms with Gasteiger partial charge in [0, 0.05) is 12.7 Å². The maximum absolute atomic E-state index is 11.1. The lowest BCUT2D eigenvalue weighted by Gasteiger charge is -1.98. The molecule has 0 saturated carbocycles. The highest BCUT2D eigenvalue weighted by atomic mass is 16.5. The molecule has 0 aromatic carbocycles. The first-order valence-corrected chi connectivity index (χ1v) is 4.63. The minimum Gasteiger partial charge on any atom is -0.465 e. The molecule has 0 amide bonds. The van der Waals surface area contributed by atoms with Crippen LogP contribution in [0.3, 0.4) is 0 Å². The highest BCUT2D eigenvalue weighted by Gasteiger charge is 2.03. The molecule has 1 aromatic heterocycles. The highest BCUT2D eigenvalue weighted by molar-refractivity contribution is 5.88. The van der Waals surface area contributed by atoms with Gasteiger partial charge < -0.3 is 10.1 Å². The molecule has 4 nitrogen and oxygen atoms in total. The second kappa shape index (κ2) is 5.93. The van der Waals surface area contributed by atoms with E-state index in [9.17, 15) is 4.79 Å². The highest BCUT2D eigenvalue weighted by Crippen LogP contribution is 2.03. The lowest BCUT2D eigenvalue weighted by molar-refractivity contribution is 0.0600. The SMILES string of the molecule is CNCC=Cc1ccc(C(=O)OC)cn1. The molecule has 15 heavy (non-hydrogen) atoms. The average molecular weight is 206 g/mol. The van der Waals surface area contributed by atoms with E-state index in [4.69, 9.17) is 0 Å². The fourth-order valence-electron chi connectivity index (χ4n) is 1.04. The van der Waals surface area contributed by atoms with Gasteiger partial charge in [0.1, 0.15) is 0 Å². The van der Waals surface area contributed by atoms with Crippen LogP contribution in [-0.4, -0.2) is 31.7 Å². The molecule has 0 aliphatic carbocycles. The predicted octanol–water partition coefficient (Wildman–Crippen LogP) is 1.10. The first kappa shape index (κ1) is 11.4. The van der Waals surface area contributed by atoms with Crippen molar-refractivity contribution in [2.24, 2.45) is 0 Å². The smallest absolute Gasteiger partial charge is 0.339 e. The number of aromatic nitrogens is 1. The molecule has 1 N–H and O–H groups in total. The zero-order valence-electron chi connectivity index (χ0n) is 8.86. The first-order chi connectivity index (χ1) is 7.27. The summed E-state index contributed by atoms with van der Waals surface area (Å²) in [6.45, 7) is 0.792. The summed E-state index contributed by atoms with van der Waals surface area (Å²) in [5.41, 5.74) is 1.28. The third-order valence-corrected chi connectivity index (χ3v) is 1.82. The quantitative estimate of drug-likeness (QED) is 0.749. The second-order valence-electron chi connectivity index (χ2n) is 2.92. The first-order valence-electron chi connectivity index (χ1n) is 4.63. The molecule has 80 valence electrons. The molecule has 0 aliphatic rings. The van der Waals surface area contributed by atoms with Gasteiger partial charge in [-0.2, -0.15) is 0 Å². The molecule has 1 aromatic rings. The molecule has 0 radical (unpaired) electrons. The number of methoxy groups -OCH3 is 1. The Balaban J connectivity index is 2.68. The van der Waals surface area contributed by atoms with E-state index in [1.54, 1.807) is 12.1 Å². The third-order valence-electron chi connectivity index (χ3n) is 1.82. The van der Waals surface area contributed by atoms with Crippen molar-refractivity contribution in [1.82, 2.24) is 10.3 Å². The fraction of sp³-hybridized carbons (Fsp3) is 0.273. The number of hydrogen-bond acceptors (Lipinski definition) is 4. The Labute approximate surface area is 89.0 Å². The minimum absolute atomic E-state index is 0.367. The zero-order valence-corrected chi connectivity index (χ0v) is 8.86. The summed E-state index contributed by atoms with van der Waals surface area (Å²) >= 11 is 0. The number of rotatable bonds is 4. The van der Waals surface area contributed by atoms with Crippen molar-refractivity contribution in [3.05, 3.63) is 35.7 Å². The molecule has 0 atom stereocenters. The number of esters is 1. The fourth-order valence-corrected chi connectivity index (χ4v) is 1.04. The van der Waals surface area contributed by atoms with Gasteiger partial charge in [-0.3, -0.25) is 4.98 Å². The Morgan fingerprint density at radius 3 is 2.93 bits per heavy atom. The summed E-state index contributed by atoms with van der Waals surface area (Å²) < 4.78 is 4.57. The number of ether oxygens (including phenoxy) is 1. The van der Waals surface area contributed by atoms with Crippen molar-refractivity contribution in [2.75, 3.05) is 20.7 Å². The third kappa shape index (κ3) is 3.52. The van der Waals surface area contributed by atoms with Crippen LogP contribution >= 0.6 is 0 Å². The lowest BCUT2D eigenvalue weighted by Crippen LogP contribution is -2.04. The molecule has 1 rings (SSSR count). The van der Waals surface area contributed by atoms with E-state index in [0.29, 0.717) is 5.56 Å². The normalized spacial score (nSPS) is 10.5. The molecule has 0 fully saturated rings. The van der Waals surface area contributed by atoms with Gasteiger partial charge in [-0.25, -0.2) is 4.79 Å². The van der Waals surface area contributed by atoms with E-state index in [2.05, 4.69) is 15.0 Å². The Morgan fingerprint density at radius 1 is 1.60 bits per heavy atom. The minimum atomic E-state index is -0.367. The van der Waals surface area contributed by atoms with Crippen LogP contribution in [0.1, 0.15) is 16.1 Å². The Kier molecular flexibility index (Phi) is 4.50. The van der Waals surface area contributed by atoms with Gasteiger partial charge in [-0.15, -0.1) is 0 Å². The number of likely N-dealkylation sites (N-methyl/N-ethyl adjacent to an activating group) is 1. The standard InChI is InChI=1S/C11H14N2O2/c1-12-7-3-4-10-6-5-9(8-13-10)11(14)15-2/h3-6,8,12H,7H2,1-2H3. The van der Waals surface area contributed by atoms with Crippen molar-refractivity contribution < 1.29 is 9.53 Å². The van der Waals surface area contributed by atoms with Crippen molar-refractivity contribution in [3.63, 3.8) is 0 Å². The predicted molar refractivity (Wildman–Crippen MR) is 58.5 cm³/mol. The largest absolute Gasteiger partial charge is 0.465 e. The number of carbonyl (C=O) groups excluding carboxylic acids is 1. The summed E-state index contributed by atoms with van der Waals surface area (Å²) in [5, 5.41) is 2.99. The summed E-state index contributed by atoms with van der Waals surface area (Å²) in [4.78, 5) is 15.2. The molecule has 0 saturated heterocycles. The van der Waals surface area contributed by atoms with Gasteiger partial charge in [-0.1, -0.05) is 6.08 Å². The molecular formula is C11H14N2O2. The van der Waals surface area contributed by atoms with Crippen LogP contribution in [0.25, 0.3) is 6.08 Å². The van der Waals surface area contributed by atoms with Crippen LogP contribution in [0, 0.1) is 0 Å². The van der Waals surface area contributed by atoms with Crippen molar-refractivity contribution in [3.8, 4) is 0 Å². The van der Waals surface area contributed by atoms with Gasteiger partial charge in [0.2, 0.25) is 0 Å². The molecule has 1 heterocycles. The number of nitrogens with one attached hydrogen (secondary N) is 1. The van der Waals surface area contributed by atoms with Crippen LogP contribution in [0.2, 0.25) is 0 Å². The van der Waals surface area contributed by atoms with Crippen molar-refractivity contribution >= 4 is 12.0 Å². The maximum atomic E-state index is 11.1. The molecule has 4 heteroatoms.